The average molecular weight is 975 g/mol. The Balaban J connectivity index is 0.762. The van der Waals surface area contributed by atoms with Gasteiger partial charge in [0.1, 0.15) is 13.2 Å². The minimum Gasteiger partial charge on any atom is -0.462 e. The zero-order valence-corrected chi connectivity index (χ0v) is 43.8. The summed E-state index contributed by atoms with van der Waals surface area (Å²) in [6.07, 6.45) is 41.9. The molecule has 0 aromatic rings. The van der Waals surface area contributed by atoms with Crippen molar-refractivity contribution in [2.45, 2.75) is 331 Å². The number of unbranched alkanes of at least 4 members (excludes halogenated alkanes) is 19. The molecular formula is C57H98O12. The van der Waals surface area contributed by atoms with Crippen molar-refractivity contribution < 1.29 is 57.0 Å². The third-order valence-electron chi connectivity index (χ3n) is 15.6. The zero-order valence-electron chi connectivity index (χ0n) is 43.8. The van der Waals surface area contributed by atoms with Crippen molar-refractivity contribution in [2.75, 3.05) is 13.2 Å². The first-order chi connectivity index (χ1) is 33.8. The van der Waals surface area contributed by atoms with Crippen LogP contribution in [0.5, 0.6) is 0 Å². The summed E-state index contributed by atoms with van der Waals surface area (Å²) >= 11 is 0. The van der Waals surface area contributed by atoms with E-state index < -0.39 is 6.10 Å². The molecule has 6 fully saturated rings. The minimum absolute atomic E-state index is 0.107. The normalized spacial score (nSPS) is 29.6. The Bertz CT molecular complexity index is 1430. The predicted octanol–water partition coefficient (Wildman–Crippen LogP) is 12.7. The second-order valence-corrected chi connectivity index (χ2v) is 21.8. The third kappa shape index (κ3) is 24.6. The Morgan fingerprint density at radius 1 is 0.333 bits per heavy atom. The van der Waals surface area contributed by atoms with Crippen molar-refractivity contribution in [1.29, 1.82) is 0 Å². The van der Waals surface area contributed by atoms with Gasteiger partial charge in [0.25, 0.3) is 0 Å². The van der Waals surface area contributed by atoms with E-state index in [2.05, 4.69) is 20.8 Å². The van der Waals surface area contributed by atoms with Crippen LogP contribution in [0.25, 0.3) is 0 Å². The fraction of sp³-hybridized carbons (Fsp3) is 0.947. The molecule has 6 aliphatic rings. The minimum atomic E-state index is -0.814. The van der Waals surface area contributed by atoms with E-state index in [4.69, 9.17) is 42.6 Å². The highest BCUT2D eigenvalue weighted by Gasteiger charge is 2.51. The van der Waals surface area contributed by atoms with Gasteiger partial charge in [-0.05, 0) is 57.8 Å². The Morgan fingerprint density at radius 3 is 1.01 bits per heavy atom. The predicted molar refractivity (Wildman–Crippen MR) is 267 cm³/mol. The molecule has 0 N–H and O–H groups in total. The smallest absolute Gasteiger partial charge is 0.306 e. The Hall–Kier alpha value is -1.83. The van der Waals surface area contributed by atoms with Crippen molar-refractivity contribution in [2.24, 2.45) is 0 Å². The van der Waals surface area contributed by atoms with Gasteiger partial charge in [0.05, 0.1) is 73.2 Å². The van der Waals surface area contributed by atoms with Crippen LogP contribution in [0.4, 0.5) is 0 Å². The van der Waals surface area contributed by atoms with Crippen LogP contribution in [0.3, 0.4) is 0 Å². The van der Waals surface area contributed by atoms with Crippen molar-refractivity contribution in [3.05, 3.63) is 0 Å². The van der Waals surface area contributed by atoms with E-state index in [1.165, 1.54) is 77.0 Å². The molecular weight excluding hydrogens is 877 g/mol. The van der Waals surface area contributed by atoms with Gasteiger partial charge in [-0.3, -0.25) is 14.4 Å². The first kappa shape index (κ1) is 56.5. The fourth-order valence-electron chi connectivity index (χ4n) is 10.7. The van der Waals surface area contributed by atoms with Gasteiger partial charge in [0.15, 0.2) is 6.10 Å². The van der Waals surface area contributed by atoms with E-state index in [9.17, 15) is 14.4 Å². The molecule has 13 atom stereocenters. The molecule has 6 rings (SSSR count). The number of hydrogen-bond donors (Lipinski definition) is 0. The first-order valence-electron chi connectivity index (χ1n) is 29.3. The Morgan fingerprint density at radius 2 is 0.609 bits per heavy atom. The van der Waals surface area contributed by atoms with E-state index in [1.54, 1.807) is 0 Å². The van der Waals surface area contributed by atoms with Gasteiger partial charge in [-0.25, -0.2) is 0 Å². The van der Waals surface area contributed by atoms with Crippen LogP contribution in [0, 0.1) is 0 Å². The van der Waals surface area contributed by atoms with E-state index in [-0.39, 0.29) is 37.5 Å². The first-order valence-corrected chi connectivity index (χ1v) is 29.3. The maximum absolute atomic E-state index is 12.9. The molecule has 0 bridgehead atoms. The van der Waals surface area contributed by atoms with Gasteiger partial charge >= 0.3 is 17.9 Å². The molecule has 13 unspecified atom stereocenters. The lowest BCUT2D eigenvalue weighted by Gasteiger charge is -2.18. The van der Waals surface area contributed by atoms with E-state index in [0.29, 0.717) is 86.1 Å². The molecule has 69 heavy (non-hydrogen) atoms. The molecule has 6 aliphatic heterocycles. The molecule has 0 aromatic heterocycles. The lowest BCUT2D eigenvalue weighted by molar-refractivity contribution is -0.167. The van der Waals surface area contributed by atoms with Gasteiger partial charge in [-0.15, -0.1) is 0 Å². The number of carbonyl (C=O) groups is 3. The second-order valence-electron chi connectivity index (χ2n) is 21.8. The third-order valence-corrected chi connectivity index (χ3v) is 15.6. The van der Waals surface area contributed by atoms with Crippen LogP contribution >= 0.6 is 0 Å². The number of ether oxygens (including phenoxy) is 9. The topological polar surface area (TPSA) is 154 Å². The van der Waals surface area contributed by atoms with Gasteiger partial charge in [0, 0.05) is 38.5 Å². The maximum Gasteiger partial charge on any atom is 0.306 e. The summed E-state index contributed by atoms with van der Waals surface area (Å²) in [5.74, 6) is -0.961. The molecule has 398 valence electrons. The van der Waals surface area contributed by atoms with E-state index in [1.807, 2.05) is 0 Å². The summed E-state index contributed by atoms with van der Waals surface area (Å²) in [6, 6.07) is 0. The number of carbonyl (C=O) groups excluding carboxylic acids is 3. The largest absolute Gasteiger partial charge is 0.462 e. The lowest BCUT2D eigenvalue weighted by atomic mass is 10.0. The van der Waals surface area contributed by atoms with Crippen LogP contribution < -0.4 is 0 Å². The van der Waals surface area contributed by atoms with Crippen molar-refractivity contribution in [3.63, 3.8) is 0 Å². The van der Waals surface area contributed by atoms with Crippen LogP contribution in [-0.4, -0.2) is 110 Å². The van der Waals surface area contributed by atoms with Gasteiger partial charge in [0.2, 0.25) is 0 Å². The van der Waals surface area contributed by atoms with Gasteiger partial charge < -0.3 is 42.6 Å². The molecule has 6 saturated heterocycles. The molecule has 0 saturated carbocycles. The summed E-state index contributed by atoms with van der Waals surface area (Å²) in [6.45, 7) is 6.46. The highest BCUT2D eigenvalue weighted by Crippen LogP contribution is 2.42. The summed E-state index contributed by atoms with van der Waals surface area (Å²) in [5, 5.41) is 0. The van der Waals surface area contributed by atoms with Gasteiger partial charge in [-0.2, -0.15) is 0 Å². The lowest BCUT2D eigenvalue weighted by Crippen LogP contribution is -2.30. The number of esters is 3. The quantitative estimate of drug-likeness (QED) is 0.0247. The monoisotopic (exact) mass is 975 g/mol. The molecule has 6 heterocycles. The Labute approximate surface area is 418 Å². The standard InChI is InChI=1S/C57H98O12/c1-4-7-9-10-14-22-30-44-45(65-44)31-23-15-11-18-26-34-55(58)61-40-42(63-57(60)36-28-20-13-17-25-32-47-51(67-47)38-50-46(66-50)29-21-8-5-2)41-62-56(59)35-27-19-12-16-24-33-48-52(68-48)39-54-53(69-54)37-49-43(6-3)64-49/h42-54H,4-41H2,1-3H3. The highest BCUT2D eigenvalue weighted by atomic mass is 16.6. The number of hydrogen-bond acceptors (Lipinski definition) is 12. The average Bonchev–Trinajstić information content (AvgIpc) is 4.09. The summed E-state index contributed by atoms with van der Waals surface area (Å²) in [5.41, 5.74) is 0. The SMILES string of the molecule is CCCCCCCCC1OC1CCCCCCCC(=O)OCC(COC(=O)CCCCCCCC1OC1CC1OC1CC1OC1CC)OC(=O)CCCCCCCC1OC1CC1OC1CCCCC. The van der Waals surface area contributed by atoms with Crippen LogP contribution in [0.1, 0.15) is 252 Å². The van der Waals surface area contributed by atoms with Crippen molar-refractivity contribution in [1.82, 2.24) is 0 Å². The molecule has 0 amide bonds. The van der Waals surface area contributed by atoms with Crippen molar-refractivity contribution >= 4 is 17.9 Å². The van der Waals surface area contributed by atoms with Gasteiger partial charge in [-0.1, -0.05) is 156 Å². The molecule has 0 aliphatic carbocycles. The number of epoxide rings is 6. The van der Waals surface area contributed by atoms with E-state index >= 15 is 0 Å². The maximum atomic E-state index is 12.9. The summed E-state index contributed by atoms with van der Waals surface area (Å²) in [4.78, 5) is 38.4. The molecule has 0 aromatic carbocycles. The second kappa shape index (κ2) is 32.4. The molecule has 0 radical (unpaired) electrons. The molecule has 12 heteroatoms. The number of rotatable bonds is 47. The van der Waals surface area contributed by atoms with Crippen molar-refractivity contribution in [3.8, 4) is 0 Å². The highest BCUT2D eigenvalue weighted by molar-refractivity contribution is 5.71. The summed E-state index contributed by atoms with van der Waals surface area (Å²) < 4.78 is 52.1. The fourth-order valence-corrected chi connectivity index (χ4v) is 10.7. The van der Waals surface area contributed by atoms with Crippen LogP contribution in [0.15, 0.2) is 0 Å². The summed E-state index contributed by atoms with van der Waals surface area (Å²) in [7, 11) is 0. The van der Waals surface area contributed by atoms with Crippen LogP contribution in [-0.2, 0) is 57.0 Å². The van der Waals surface area contributed by atoms with E-state index in [0.717, 1.165) is 135 Å². The zero-order chi connectivity index (χ0) is 48.5. The molecule has 12 nitrogen and oxygen atoms in total. The van der Waals surface area contributed by atoms with Crippen LogP contribution in [0.2, 0.25) is 0 Å². The Kier molecular flexibility index (Phi) is 26.5. The molecule has 0 spiro atoms.